The average molecular weight is 433 g/mol. The van der Waals surface area contributed by atoms with Crippen molar-refractivity contribution in [2.75, 3.05) is 0 Å². The third kappa shape index (κ3) is 8.25. The first-order valence-electron chi connectivity index (χ1n) is 10.00. The van der Waals surface area contributed by atoms with Crippen LogP contribution in [0.1, 0.15) is 48.0 Å². The molecule has 0 aliphatic heterocycles. The second kappa shape index (κ2) is 12.5. The Labute approximate surface area is 176 Å². The highest BCUT2D eigenvalue weighted by Gasteiger charge is 2.35. The number of amides is 3. The van der Waals surface area contributed by atoms with Crippen LogP contribution in [0.5, 0.6) is 0 Å². The molecular formula is C19H36N4O7. The third-order valence-electron chi connectivity index (χ3n) is 4.91. The van der Waals surface area contributed by atoms with Crippen molar-refractivity contribution in [2.24, 2.45) is 17.6 Å². The molecule has 11 heteroatoms. The zero-order valence-corrected chi connectivity index (χ0v) is 18.4. The highest BCUT2D eigenvalue weighted by atomic mass is 16.4. The second-order valence-electron chi connectivity index (χ2n) is 7.93. The van der Waals surface area contributed by atoms with Gasteiger partial charge in [-0.25, -0.2) is 4.79 Å². The number of carbonyl (C=O) groups is 4. The minimum Gasteiger partial charge on any atom is -0.480 e. The molecule has 0 aromatic heterocycles. The minimum atomic E-state index is -1.43. The SMILES string of the molecule is CCC(C)C(NC(=O)C(NC(=O)C(N)C(C)O)C(C)O)C(=O)NC(C(=O)O)C(C)C. The van der Waals surface area contributed by atoms with E-state index in [1.807, 2.05) is 0 Å². The monoisotopic (exact) mass is 432 g/mol. The topological polar surface area (TPSA) is 191 Å². The molecule has 0 spiro atoms. The highest BCUT2D eigenvalue weighted by Crippen LogP contribution is 2.11. The van der Waals surface area contributed by atoms with Gasteiger partial charge < -0.3 is 37.0 Å². The maximum absolute atomic E-state index is 12.7. The van der Waals surface area contributed by atoms with Gasteiger partial charge in [0.25, 0.3) is 0 Å². The molecule has 3 amide bonds. The Bertz CT molecular complexity index is 610. The first-order valence-corrected chi connectivity index (χ1v) is 10.00. The summed E-state index contributed by atoms with van der Waals surface area (Å²) in [6.07, 6.45) is -2.00. The molecule has 30 heavy (non-hydrogen) atoms. The number of nitrogens with one attached hydrogen (secondary N) is 3. The number of carboxylic acids is 1. The van der Waals surface area contributed by atoms with E-state index in [4.69, 9.17) is 5.73 Å². The highest BCUT2D eigenvalue weighted by molar-refractivity contribution is 5.94. The number of carboxylic acid groups (broad SMARTS) is 1. The molecule has 0 aliphatic rings. The van der Waals surface area contributed by atoms with Gasteiger partial charge in [0.15, 0.2) is 0 Å². The quantitative estimate of drug-likeness (QED) is 0.190. The summed E-state index contributed by atoms with van der Waals surface area (Å²) in [5.41, 5.74) is 5.54. The fourth-order valence-corrected chi connectivity index (χ4v) is 2.58. The zero-order valence-electron chi connectivity index (χ0n) is 18.4. The maximum Gasteiger partial charge on any atom is 0.326 e. The lowest BCUT2D eigenvalue weighted by Gasteiger charge is -2.29. The number of aliphatic hydroxyl groups excluding tert-OH is 2. The van der Waals surface area contributed by atoms with Crippen LogP contribution in [-0.2, 0) is 19.2 Å². The van der Waals surface area contributed by atoms with Crippen molar-refractivity contribution in [1.82, 2.24) is 16.0 Å². The summed E-state index contributed by atoms with van der Waals surface area (Å²) >= 11 is 0. The molecule has 8 N–H and O–H groups in total. The van der Waals surface area contributed by atoms with Crippen LogP contribution in [0, 0.1) is 11.8 Å². The van der Waals surface area contributed by atoms with Crippen LogP contribution < -0.4 is 21.7 Å². The first-order chi connectivity index (χ1) is 13.7. The molecule has 7 unspecified atom stereocenters. The van der Waals surface area contributed by atoms with Crippen molar-refractivity contribution in [3.05, 3.63) is 0 Å². The van der Waals surface area contributed by atoms with E-state index < -0.39 is 60.1 Å². The Morgan fingerprint density at radius 3 is 1.57 bits per heavy atom. The second-order valence-corrected chi connectivity index (χ2v) is 7.93. The fraction of sp³-hybridized carbons (Fsp3) is 0.789. The van der Waals surface area contributed by atoms with Gasteiger partial charge in [0.05, 0.1) is 12.2 Å². The molecule has 0 fully saturated rings. The van der Waals surface area contributed by atoms with Crippen LogP contribution in [0.25, 0.3) is 0 Å². The Balaban J connectivity index is 5.51. The smallest absolute Gasteiger partial charge is 0.326 e. The standard InChI is InChI=1S/C19H36N4O7/c1-7-9(4)14(17(27)21-13(8(2)3)19(29)30)22-18(28)15(11(6)25)23-16(26)12(20)10(5)24/h8-15,24-25H,7,20H2,1-6H3,(H,21,27)(H,22,28)(H,23,26)(H,29,30). The van der Waals surface area contributed by atoms with Crippen molar-refractivity contribution in [2.45, 2.75) is 84.3 Å². The van der Waals surface area contributed by atoms with Crippen LogP contribution in [0.2, 0.25) is 0 Å². The van der Waals surface area contributed by atoms with Crippen LogP contribution in [0.15, 0.2) is 0 Å². The molecule has 0 aliphatic carbocycles. The molecule has 0 saturated carbocycles. The van der Waals surface area contributed by atoms with Crippen LogP contribution in [0.4, 0.5) is 0 Å². The number of aliphatic hydroxyl groups is 2. The summed E-state index contributed by atoms with van der Waals surface area (Å²) in [7, 11) is 0. The lowest BCUT2D eigenvalue weighted by atomic mass is 9.96. The fourth-order valence-electron chi connectivity index (χ4n) is 2.58. The van der Waals surface area contributed by atoms with Gasteiger partial charge in [-0.05, 0) is 25.7 Å². The van der Waals surface area contributed by atoms with Crippen molar-refractivity contribution < 1.29 is 34.5 Å². The molecule has 0 radical (unpaired) electrons. The summed E-state index contributed by atoms with van der Waals surface area (Å²) in [4.78, 5) is 48.9. The van der Waals surface area contributed by atoms with Crippen LogP contribution in [0.3, 0.4) is 0 Å². The molecule has 0 bridgehead atoms. The summed E-state index contributed by atoms with van der Waals surface area (Å²) in [6, 6.07) is -4.97. The Kier molecular flexibility index (Phi) is 11.5. The third-order valence-corrected chi connectivity index (χ3v) is 4.91. The van der Waals surface area contributed by atoms with E-state index in [0.29, 0.717) is 6.42 Å². The van der Waals surface area contributed by atoms with Gasteiger partial charge in [0.1, 0.15) is 24.2 Å². The van der Waals surface area contributed by atoms with E-state index >= 15 is 0 Å². The normalized spacial score (nSPS) is 18.3. The summed E-state index contributed by atoms with van der Waals surface area (Å²) in [6.45, 7) is 9.36. The van der Waals surface area contributed by atoms with Crippen molar-refractivity contribution in [1.29, 1.82) is 0 Å². The summed E-state index contributed by atoms with van der Waals surface area (Å²) < 4.78 is 0. The van der Waals surface area contributed by atoms with Gasteiger partial charge in [0.2, 0.25) is 17.7 Å². The molecule has 0 aromatic rings. The molecule has 7 atom stereocenters. The van der Waals surface area contributed by atoms with E-state index in [2.05, 4.69) is 16.0 Å². The molecule has 0 saturated heterocycles. The van der Waals surface area contributed by atoms with Gasteiger partial charge in [-0.15, -0.1) is 0 Å². The lowest BCUT2D eigenvalue weighted by Crippen LogP contribution is -2.61. The van der Waals surface area contributed by atoms with E-state index in [0.717, 1.165) is 0 Å². The number of nitrogens with two attached hydrogens (primary N) is 1. The Morgan fingerprint density at radius 1 is 0.767 bits per heavy atom. The number of carbonyl (C=O) groups excluding carboxylic acids is 3. The number of hydrogen-bond acceptors (Lipinski definition) is 7. The maximum atomic E-state index is 12.7. The number of aliphatic carboxylic acids is 1. The average Bonchev–Trinajstić information content (AvgIpc) is 2.65. The van der Waals surface area contributed by atoms with Gasteiger partial charge in [-0.2, -0.15) is 0 Å². The summed E-state index contributed by atoms with van der Waals surface area (Å²) in [5, 5.41) is 35.8. The Hall–Kier alpha value is -2.24. The molecule has 174 valence electrons. The summed E-state index contributed by atoms with van der Waals surface area (Å²) in [5.74, 6) is -4.31. The van der Waals surface area contributed by atoms with Crippen molar-refractivity contribution in [3.8, 4) is 0 Å². The van der Waals surface area contributed by atoms with Crippen molar-refractivity contribution in [3.63, 3.8) is 0 Å². The molecule has 0 rings (SSSR count). The number of rotatable bonds is 12. The largest absolute Gasteiger partial charge is 0.480 e. The van der Waals surface area contributed by atoms with E-state index in [1.54, 1.807) is 27.7 Å². The van der Waals surface area contributed by atoms with E-state index in [1.165, 1.54) is 13.8 Å². The molecule has 11 nitrogen and oxygen atoms in total. The lowest BCUT2D eigenvalue weighted by molar-refractivity contribution is -0.144. The van der Waals surface area contributed by atoms with E-state index in [9.17, 15) is 34.5 Å². The van der Waals surface area contributed by atoms with E-state index in [-0.39, 0.29) is 11.8 Å². The van der Waals surface area contributed by atoms with Crippen LogP contribution in [-0.4, -0.2) is 75.4 Å². The molecular weight excluding hydrogens is 396 g/mol. The molecule has 0 heterocycles. The molecule has 0 aromatic carbocycles. The van der Waals surface area contributed by atoms with Gasteiger partial charge in [-0.3, -0.25) is 14.4 Å². The first kappa shape index (κ1) is 27.8. The minimum absolute atomic E-state index is 0.361. The van der Waals surface area contributed by atoms with Gasteiger partial charge in [0, 0.05) is 0 Å². The number of hydrogen-bond donors (Lipinski definition) is 7. The predicted octanol–water partition coefficient (Wildman–Crippen LogP) is -1.68. The van der Waals surface area contributed by atoms with Crippen LogP contribution >= 0.6 is 0 Å². The van der Waals surface area contributed by atoms with Gasteiger partial charge in [-0.1, -0.05) is 34.1 Å². The van der Waals surface area contributed by atoms with Gasteiger partial charge >= 0.3 is 5.97 Å². The zero-order chi connectivity index (χ0) is 23.8. The predicted molar refractivity (Wildman–Crippen MR) is 109 cm³/mol. The Morgan fingerprint density at radius 2 is 1.20 bits per heavy atom. The van der Waals surface area contributed by atoms with Crippen molar-refractivity contribution >= 4 is 23.7 Å².